The topological polar surface area (TPSA) is 61.5 Å². The average Bonchev–Trinajstić information content (AvgIpc) is 2.46. The van der Waals surface area contributed by atoms with Gasteiger partial charge in [0.15, 0.2) is 6.10 Å². The highest BCUT2D eigenvalue weighted by Gasteiger charge is 2.21. The molecule has 0 bridgehead atoms. The quantitative estimate of drug-likeness (QED) is 0.748. The Morgan fingerprint density at radius 1 is 1.24 bits per heavy atom. The van der Waals surface area contributed by atoms with Crippen LogP contribution in [-0.4, -0.2) is 24.7 Å². The molecule has 0 aliphatic carbocycles. The summed E-state index contributed by atoms with van der Waals surface area (Å²) < 4.78 is 10.9. The average molecular weight is 293 g/mol. The van der Waals surface area contributed by atoms with Gasteiger partial charge in [0.25, 0.3) is 0 Å². The van der Waals surface area contributed by atoms with Gasteiger partial charge in [-0.3, -0.25) is 0 Å². The van der Waals surface area contributed by atoms with Gasteiger partial charge in [0.05, 0.1) is 6.61 Å². The first-order chi connectivity index (χ1) is 10.0. The van der Waals surface area contributed by atoms with E-state index >= 15 is 0 Å². The second kappa shape index (κ2) is 8.67. The standard InChI is InChI=1S/C17H27NO3/c1-5-14(18)11-13-10-12(4)8-9-16(13)21-15(6-2)17(19)20-7-3/h8-10,14-15H,5-7,11,18H2,1-4H3. The van der Waals surface area contributed by atoms with Gasteiger partial charge >= 0.3 is 5.97 Å². The van der Waals surface area contributed by atoms with Crippen LogP contribution >= 0.6 is 0 Å². The molecular weight excluding hydrogens is 266 g/mol. The van der Waals surface area contributed by atoms with Crippen molar-refractivity contribution >= 4 is 5.97 Å². The first-order valence-corrected chi connectivity index (χ1v) is 7.70. The number of esters is 1. The number of benzene rings is 1. The molecule has 0 spiro atoms. The first kappa shape index (κ1) is 17.5. The largest absolute Gasteiger partial charge is 0.478 e. The van der Waals surface area contributed by atoms with E-state index in [0.29, 0.717) is 13.0 Å². The predicted octanol–water partition coefficient (Wildman–Crippen LogP) is 3.00. The Labute approximate surface area is 127 Å². The fourth-order valence-corrected chi connectivity index (χ4v) is 2.10. The van der Waals surface area contributed by atoms with Crippen LogP contribution in [0.5, 0.6) is 5.75 Å². The van der Waals surface area contributed by atoms with Crippen molar-refractivity contribution in [3.63, 3.8) is 0 Å². The maximum Gasteiger partial charge on any atom is 0.347 e. The van der Waals surface area contributed by atoms with Gasteiger partial charge in [0.1, 0.15) is 5.75 Å². The Hall–Kier alpha value is -1.55. The van der Waals surface area contributed by atoms with Gasteiger partial charge in [-0.05, 0) is 44.7 Å². The van der Waals surface area contributed by atoms with E-state index in [1.54, 1.807) is 6.92 Å². The monoisotopic (exact) mass is 293 g/mol. The van der Waals surface area contributed by atoms with Crippen LogP contribution in [0.1, 0.15) is 44.7 Å². The molecule has 0 fully saturated rings. The Bertz CT molecular complexity index is 459. The van der Waals surface area contributed by atoms with E-state index < -0.39 is 6.10 Å². The summed E-state index contributed by atoms with van der Waals surface area (Å²) in [6, 6.07) is 6.06. The number of carbonyl (C=O) groups is 1. The van der Waals surface area contributed by atoms with Crippen molar-refractivity contribution in [3.8, 4) is 5.75 Å². The maximum absolute atomic E-state index is 11.9. The fourth-order valence-electron chi connectivity index (χ4n) is 2.10. The number of carbonyl (C=O) groups excluding carboxylic acids is 1. The minimum atomic E-state index is -0.566. The molecule has 0 saturated carbocycles. The molecule has 21 heavy (non-hydrogen) atoms. The second-order valence-corrected chi connectivity index (χ2v) is 5.25. The summed E-state index contributed by atoms with van der Waals surface area (Å²) >= 11 is 0. The van der Waals surface area contributed by atoms with Gasteiger partial charge in [-0.15, -0.1) is 0 Å². The SMILES string of the molecule is CCOC(=O)C(CC)Oc1ccc(C)cc1CC(N)CC. The molecule has 2 atom stereocenters. The molecule has 118 valence electrons. The smallest absolute Gasteiger partial charge is 0.347 e. The highest BCUT2D eigenvalue weighted by molar-refractivity contribution is 5.75. The highest BCUT2D eigenvalue weighted by Crippen LogP contribution is 2.24. The van der Waals surface area contributed by atoms with Gasteiger partial charge < -0.3 is 15.2 Å². The number of rotatable bonds is 8. The first-order valence-electron chi connectivity index (χ1n) is 7.70. The van der Waals surface area contributed by atoms with E-state index in [4.69, 9.17) is 15.2 Å². The van der Waals surface area contributed by atoms with E-state index in [1.165, 1.54) is 0 Å². The predicted molar refractivity (Wildman–Crippen MR) is 84.5 cm³/mol. The van der Waals surface area contributed by atoms with Crippen molar-refractivity contribution in [3.05, 3.63) is 29.3 Å². The minimum absolute atomic E-state index is 0.0943. The summed E-state index contributed by atoms with van der Waals surface area (Å²) in [7, 11) is 0. The summed E-state index contributed by atoms with van der Waals surface area (Å²) in [5.41, 5.74) is 8.25. The molecule has 0 heterocycles. The number of nitrogens with two attached hydrogens (primary N) is 1. The molecule has 4 nitrogen and oxygen atoms in total. The van der Waals surface area contributed by atoms with Crippen LogP contribution < -0.4 is 10.5 Å². The zero-order valence-corrected chi connectivity index (χ0v) is 13.5. The lowest BCUT2D eigenvalue weighted by molar-refractivity contribution is -0.151. The Morgan fingerprint density at radius 2 is 1.95 bits per heavy atom. The van der Waals surface area contributed by atoms with Crippen LogP contribution in [-0.2, 0) is 16.0 Å². The Balaban J connectivity index is 2.92. The number of ether oxygens (including phenoxy) is 2. The third-order valence-corrected chi connectivity index (χ3v) is 3.41. The van der Waals surface area contributed by atoms with Crippen molar-refractivity contribution in [2.24, 2.45) is 5.73 Å². The molecule has 1 aromatic carbocycles. The lowest BCUT2D eigenvalue weighted by atomic mass is 10.0. The molecule has 1 rings (SSSR count). The molecule has 0 aliphatic heterocycles. The summed E-state index contributed by atoms with van der Waals surface area (Å²) in [5, 5.41) is 0. The van der Waals surface area contributed by atoms with Crippen molar-refractivity contribution < 1.29 is 14.3 Å². The minimum Gasteiger partial charge on any atom is -0.478 e. The summed E-state index contributed by atoms with van der Waals surface area (Å²) in [4.78, 5) is 11.9. The van der Waals surface area contributed by atoms with E-state index in [1.807, 2.05) is 26.0 Å². The van der Waals surface area contributed by atoms with E-state index in [-0.39, 0.29) is 12.0 Å². The highest BCUT2D eigenvalue weighted by atomic mass is 16.6. The third-order valence-electron chi connectivity index (χ3n) is 3.41. The second-order valence-electron chi connectivity index (χ2n) is 5.25. The molecule has 4 heteroatoms. The molecule has 0 aliphatic rings. The maximum atomic E-state index is 11.9. The molecule has 2 unspecified atom stereocenters. The molecule has 0 radical (unpaired) electrons. The van der Waals surface area contributed by atoms with Crippen LogP contribution in [0.2, 0.25) is 0 Å². The third kappa shape index (κ3) is 5.38. The summed E-state index contributed by atoms with van der Waals surface area (Å²) in [5.74, 6) is 0.413. The van der Waals surface area contributed by atoms with Crippen LogP contribution in [0.4, 0.5) is 0 Å². The van der Waals surface area contributed by atoms with Crippen LogP contribution in [0.25, 0.3) is 0 Å². The summed E-state index contributed by atoms with van der Waals surface area (Å²) in [6.45, 7) is 8.16. The molecule has 0 saturated heterocycles. The molecular formula is C17H27NO3. The van der Waals surface area contributed by atoms with Gasteiger partial charge in [0, 0.05) is 6.04 Å². The number of aryl methyl sites for hydroxylation is 1. The Morgan fingerprint density at radius 3 is 2.52 bits per heavy atom. The van der Waals surface area contributed by atoms with Crippen molar-refractivity contribution in [2.75, 3.05) is 6.61 Å². The number of hydrogen-bond acceptors (Lipinski definition) is 4. The zero-order chi connectivity index (χ0) is 15.8. The molecule has 2 N–H and O–H groups in total. The van der Waals surface area contributed by atoms with Gasteiger partial charge in [-0.25, -0.2) is 4.79 Å². The lowest BCUT2D eigenvalue weighted by Gasteiger charge is -2.20. The normalized spacial score (nSPS) is 13.6. The van der Waals surface area contributed by atoms with Gasteiger partial charge in [-0.2, -0.15) is 0 Å². The Kier molecular flexibility index (Phi) is 7.23. The van der Waals surface area contributed by atoms with Crippen LogP contribution in [0, 0.1) is 6.92 Å². The zero-order valence-electron chi connectivity index (χ0n) is 13.5. The van der Waals surface area contributed by atoms with Crippen LogP contribution in [0.3, 0.4) is 0 Å². The van der Waals surface area contributed by atoms with Gasteiger partial charge in [-0.1, -0.05) is 31.5 Å². The van der Waals surface area contributed by atoms with E-state index in [0.717, 1.165) is 29.7 Å². The number of hydrogen-bond donors (Lipinski definition) is 1. The van der Waals surface area contributed by atoms with Crippen LogP contribution in [0.15, 0.2) is 18.2 Å². The summed E-state index contributed by atoms with van der Waals surface area (Å²) in [6.07, 6.45) is 1.66. The van der Waals surface area contributed by atoms with Gasteiger partial charge in [0.2, 0.25) is 0 Å². The molecule has 1 aromatic rings. The van der Waals surface area contributed by atoms with Crippen molar-refractivity contribution in [1.82, 2.24) is 0 Å². The fraction of sp³-hybridized carbons (Fsp3) is 0.588. The van der Waals surface area contributed by atoms with Crippen molar-refractivity contribution in [1.29, 1.82) is 0 Å². The molecule has 0 amide bonds. The van der Waals surface area contributed by atoms with Crippen molar-refractivity contribution in [2.45, 2.75) is 59.1 Å². The lowest BCUT2D eigenvalue weighted by Crippen LogP contribution is -2.29. The van der Waals surface area contributed by atoms with E-state index in [2.05, 4.69) is 13.0 Å². The van der Waals surface area contributed by atoms with E-state index in [9.17, 15) is 4.79 Å². The molecule has 0 aromatic heterocycles.